The Bertz CT molecular complexity index is 424. The van der Waals surface area contributed by atoms with Gasteiger partial charge in [-0.1, -0.05) is 0 Å². The van der Waals surface area contributed by atoms with Crippen LogP contribution in [0.2, 0.25) is 0 Å². The van der Waals surface area contributed by atoms with Crippen molar-refractivity contribution in [2.24, 2.45) is 0 Å². The smallest absolute Gasteiger partial charge is 0.123 e. The number of ether oxygens (including phenoxy) is 1. The molecule has 0 atom stereocenters. The number of halogens is 2. The largest absolute Gasteiger partial charge is 0.377 e. The van der Waals surface area contributed by atoms with Gasteiger partial charge in [0.05, 0.1) is 23.0 Å². The van der Waals surface area contributed by atoms with E-state index in [1.807, 2.05) is 23.0 Å². The molecule has 0 radical (unpaired) electrons. The van der Waals surface area contributed by atoms with Crippen molar-refractivity contribution >= 4 is 45.2 Å². The van der Waals surface area contributed by atoms with Gasteiger partial charge in [-0.25, -0.2) is 0 Å². The minimum absolute atomic E-state index is 0.489. The predicted octanol–water partition coefficient (Wildman–Crippen LogP) is 2.07. The molecule has 2 aromatic rings. The highest BCUT2D eigenvalue weighted by Crippen LogP contribution is 2.16. The normalized spacial score (nSPS) is 15.1. The maximum atomic E-state index is 5.04. The molecule has 0 amide bonds. The molecular weight excluding hydrogens is 434 g/mol. The van der Waals surface area contributed by atoms with Crippen LogP contribution in [0.5, 0.6) is 0 Å². The Morgan fingerprint density at radius 1 is 1.38 bits per heavy atom. The van der Waals surface area contributed by atoms with Crippen LogP contribution in [0.15, 0.2) is 24.5 Å². The van der Waals surface area contributed by atoms with Gasteiger partial charge in [0, 0.05) is 12.4 Å². The molecule has 5 nitrogen and oxygen atoms in total. The first-order valence-electron chi connectivity index (χ1n) is 4.69. The highest BCUT2D eigenvalue weighted by molar-refractivity contribution is 14.1. The molecule has 1 fully saturated rings. The Balaban J connectivity index is 0.000000138. The highest BCUT2D eigenvalue weighted by Gasteiger charge is 2.20. The number of aromatic amines is 1. The van der Waals surface area contributed by atoms with Gasteiger partial charge in [-0.05, 0) is 57.3 Å². The number of hydrogen-bond acceptors (Lipinski definition) is 3. The van der Waals surface area contributed by atoms with Gasteiger partial charge in [-0.15, -0.1) is 0 Å². The summed E-state index contributed by atoms with van der Waals surface area (Å²) >= 11 is 4.36. The molecule has 0 aromatic carbocycles. The van der Waals surface area contributed by atoms with Gasteiger partial charge >= 0.3 is 0 Å². The second-order valence-corrected chi connectivity index (χ2v) is 5.48. The Labute approximate surface area is 120 Å². The molecule has 0 spiro atoms. The quantitative estimate of drug-likeness (QED) is 0.686. The summed E-state index contributed by atoms with van der Waals surface area (Å²) in [4.78, 5) is 0. The van der Waals surface area contributed by atoms with E-state index in [4.69, 9.17) is 4.74 Å². The molecule has 0 aliphatic carbocycles. The number of rotatable bonds is 1. The third-order valence-electron chi connectivity index (χ3n) is 2.04. The lowest BCUT2D eigenvalue weighted by atomic mass is 10.3. The second-order valence-electron chi connectivity index (χ2n) is 3.21. The standard InChI is InChI=1S/C6H7IN2O.C3H3IN2/c7-6-1-2-9(8-6)5-3-10-4-5;4-3-1-2-5-6-3/h1-2,5H,3-4H2;1-2H,(H,5,6). The SMILES string of the molecule is Ic1ccn(C2COC2)n1.Ic1ccn[nH]1. The number of H-pyrrole nitrogens is 1. The molecule has 0 unspecified atom stereocenters. The Kier molecular flexibility index (Phi) is 4.58. The van der Waals surface area contributed by atoms with Crippen LogP contribution in [-0.2, 0) is 4.74 Å². The lowest BCUT2D eigenvalue weighted by Crippen LogP contribution is -2.30. The molecule has 86 valence electrons. The molecule has 3 rings (SSSR count). The molecule has 3 heterocycles. The van der Waals surface area contributed by atoms with Crippen LogP contribution in [0.4, 0.5) is 0 Å². The van der Waals surface area contributed by atoms with Crippen molar-refractivity contribution < 1.29 is 4.74 Å². The van der Waals surface area contributed by atoms with Crippen LogP contribution in [0, 0.1) is 7.40 Å². The van der Waals surface area contributed by atoms with E-state index in [0.29, 0.717) is 6.04 Å². The number of hydrogen-bond donors (Lipinski definition) is 1. The van der Waals surface area contributed by atoms with Crippen molar-refractivity contribution in [3.63, 3.8) is 0 Å². The van der Waals surface area contributed by atoms with Gasteiger partial charge < -0.3 is 4.74 Å². The van der Waals surface area contributed by atoms with E-state index in [-0.39, 0.29) is 0 Å². The van der Waals surface area contributed by atoms with Crippen molar-refractivity contribution in [1.29, 1.82) is 0 Å². The predicted molar refractivity (Wildman–Crippen MR) is 76.1 cm³/mol. The van der Waals surface area contributed by atoms with Gasteiger partial charge in [0.2, 0.25) is 0 Å². The molecular formula is C9H10I2N4O. The summed E-state index contributed by atoms with van der Waals surface area (Å²) in [5.41, 5.74) is 0. The van der Waals surface area contributed by atoms with E-state index in [1.54, 1.807) is 6.20 Å². The fraction of sp³-hybridized carbons (Fsp3) is 0.333. The Morgan fingerprint density at radius 2 is 2.19 bits per heavy atom. The van der Waals surface area contributed by atoms with Crippen molar-refractivity contribution in [1.82, 2.24) is 20.0 Å². The molecule has 0 bridgehead atoms. The third-order valence-corrected chi connectivity index (χ3v) is 3.21. The first kappa shape index (κ1) is 12.3. The first-order chi connectivity index (χ1) is 7.75. The van der Waals surface area contributed by atoms with Gasteiger partial charge in [0.15, 0.2) is 0 Å². The number of nitrogens with zero attached hydrogens (tertiary/aromatic N) is 3. The Hall–Kier alpha value is -0.160. The maximum Gasteiger partial charge on any atom is 0.123 e. The molecule has 1 aliphatic rings. The van der Waals surface area contributed by atoms with Crippen molar-refractivity contribution in [3.05, 3.63) is 31.9 Å². The van der Waals surface area contributed by atoms with Crippen molar-refractivity contribution in [3.8, 4) is 0 Å². The van der Waals surface area contributed by atoms with E-state index in [2.05, 4.69) is 60.5 Å². The number of aromatic nitrogens is 4. The van der Waals surface area contributed by atoms with Crippen LogP contribution in [0.3, 0.4) is 0 Å². The lowest BCUT2D eigenvalue weighted by Gasteiger charge is -2.25. The molecule has 7 heteroatoms. The average molecular weight is 444 g/mol. The van der Waals surface area contributed by atoms with Crippen LogP contribution in [0.25, 0.3) is 0 Å². The molecule has 2 aromatic heterocycles. The molecule has 0 saturated carbocycles. The summed E-state index contributed by atoms with van der Waals surface area (Å²) in [7, 11) is 0. The van der Waals surface area contributed by atoms with Crippen LogP contribution in [0.1, 0.15) is 6.04 Å². The zero-order valence-corrected chi connectivity index (χ0v) is 12.6. The van der Waals surface area contributed by atoms with E-state index >= 15 is 0 Å². The average Bonchev–Trinajstić information content (AvgIpc) is 2.76. The topological polar surface area (TPSA) is 55.7 Å². The molecule has 1 aliphatic heterocycles. The second kappa shape index (κ2) is 5.96. The third kappa shape index (κ3) is 3.42. The molecule has 16 heavy (non-hydrogen) atoms. The lowest BCUT2D eigenvalue weighted by molar-refractivity contribution is -0.0287. The summed E-state index contributed by atoms with van der Waals surface area (Å²) in [6, 6.07) is 4.39. The minimum Gasteiger partial charge on any atom is -0.377 e. The van der Waals surface area contributed by atoms with Crippen molar-refractivity contribution in [2.45, 2.75) is 6.04 Å². The highest BCUT2D eigenvalue weighted by atomic mass is 127. The fourth-order valence-electron chi connectivity index (χ4n) is 1.13. The minimum atomic E-state index is 0.489. The monoisotopic (exact) mass is 444 g/mol. The summed E-state index contributed by atoms with van der Waals surface area (Å²) < 4.78 is 9.12. The van der Waals surface area contributed by atoms with E-state index in [9.17, 15) is 0 Å². The van der Waals surface area contributed by atoms with Gasteiger partial charge in [0.1, 0.15) is 3.70 Å². The molecule has 1 N–H and O–H groups in total. The molecule has 1 saturated heterocycles. The van der Waals surface area contributed by atoms with Crippen molar-refractivity contribution in [2.75, 3.05) is 13.2 Å². The summed E-state index contributed by atoms with van der Waals surface area (Å²) in [5, 5.41) is 10.7. The van der Waals surface area contributed by atoms with Crippen LogP contribution in [-0.4, -0.2) is 33.2 Å². The van der Waals surface area contributed by atoms with Crippen LogP contribution >= 0.6 is 45.2 Å². The zero-order chi connectivity index (χ0) is 11.4. The fourth-order valence-corrected chi connectivity index (χ4v) is 1.84. The number of nitrogens with one attached hydrogen (secondary N) is 1. The van der Waals surface area contributed by atoms with Gasteiger partial charge in [-0.3, -0.25) is 9.78 Å². The summed E-state index contributed by atoms with van der Waals surface area (Å²) in [6.07, 6.45) is 3.72. The Morgan fingerprint density at radius 3 is 2.50 bits per heavy atom. The zero-order valence-electron chi connectivity index (χ0n) is 8.31. The van der Waals surface area contributed by atoms with Gasteiger partial charge in [0.25, 0.3) is 0 Å². The summed E-state index contributed by atoms with van der Waals surface area (Å²) in [5.74, 6) is 0. The maximum absolute atomic E-state index is 5.04. The van der Waals surface area contributed by atoms with Gasteiger partial charge in [-0.2, -0.15) is 10.2 Å². The van der Waals surface area contributed by atoms with E-state index in [1.165, 1.54) is 0 Å². The van der Waals surface area contributed by atoms with Crippen LogP contribution < -0.4 is 0 Å². The van der Waals surface area contributed by atoms with E-state index in [0.717, 1.165) is 20.6 Å². The summed E-state index contributed by atoms with van der Waals surface area (Å²) in [6.45, 7) is 1.63. The van der Waals surface area contributed by atoms with E-state index < -0.39 is 0 Å². The first-order valence-corrected chi connectivity index (χ1v) is 6.85.